The molecule has 3 aliphatic carbocycles. The molecule has 15 heteroatoms. The lowest BCUT2D eigenvalue weighted by molar-refractivity contribution is -0.121. The van der Waals surface area contributed by atoms with Crippen LogP contribution in [-0.2, 0) is 23.2 Å². The highest BCUT2D eigenvalue weighted by molar-refractivity contribution is 6.01. The quantitative estimate of drug-likeness (QED) is 0.220. The number of hydrogen-bond acceptors (Lipinski definition) is 7. The Bertz CT molecular complexity index is 1980. The minimum atomic E-state index is -2.82. The van der Waals surface area contributed by atoms with E-state index in [1.54, 1.807) is 18.2 Å². The van der Waals surface area contributed by atoms with Crippen molar-refractivity contribution in [3.63, 3.8) is 0 Å². The first-order chi connectivity index (χ1) is 23.4. The molecule has 4 aliphatic rings. The first kappa shape index (κ1) is 31.3. The number of carbonyl (C=O) groups is 3. The fraction of sp³-hybridized carbons (Fsp3) is 0.471. The Morgan fingerprint density at radius 2 is 1.84 bits per heavy atom. The van der Waals surface area contributed by atoms with Crippen LogP contribution in [0.25, 0.3) is 11.0 Å². The zero-order chi connectivity index (χ0) is 34.1. The maximum atomic E-state index is 14.8. The number of para-hydroxylation sites is 1. The molecule has 1 saturated heterocycles. The Balaban J connectivity index is 1.09. The molecule has 2 saturated carbocycles. The number of nitrogens with one attached hydrogen (secondary N) is 4. The zero-order valence-electron chi connectivity index (χ0n) is 26.7. The van der Waals surface area contributed by atoms with E-state index in [2.05, 4.69) is 35.9 Å². The third-order valence-corrected chi connectivity index (χ3v) is 10.8. The van der Waals surface area contributed by atoms with Gasteiger partial charge in [0.25, 0.3) is 5.91 Å². The summed E-state index contributed by atoms with van der Waals surface area (Å²) in [5.41, 5.74) is 2.17. The smallest absolute Gasteiger partial charge is 0.318 e. The van der Waals surface area contributed by atoms with Gasteiger partial charge in [-0.3, -0.25) is 9.59 Å². The van der Waals surface area contributed by atoms with Gasteiger partial charge in [0.1, 0.15) is 34.4 Å². The Hall–Kier alpha value is -4.95. The molecule has 1 unspecified atom stereocenters. The molecule has 12 nitrogen and oxygen atoms in total. The molecule has 4 aromatic rings. The lowest BCUT2D eigenvalue weighted by Gasteiger charge is -2.45. The summed E-state index contributed by atoms with van der Waals surface area (Å²) in [5, 5.41) is 15.9. The van der Waals surface area contributed by atoms with Crippen molar-refractivity contribution in [2.24, 2.45) is 11.3 Å². The van der Waals surface area contributed by atoms with Crippen molar-refractivity contribution in [1.82, 2.24) is 35.8 Å². The number of fused-ring (bicyclic) bond motifs is 2. The molecule has 4 N–H and O–H groups in total. The van der Waals surface area contributed by atoms with Crippen LogP contribution in [-0.4, -0.2) is 68.1 Å². The molecule has 3 fully saturated rings. The highest BCUT2D eigenvalue weighted by atomic mass is 19.3. The summed E-state index contributed by atoms with van der Waals surface area (Å²) < 4.78 is 47.6. The minimum absolute atomic E-state index is 0.00477. The highest BCUT2D eigenvalue weighted by Gasteiger charge is 2.56. The summed E-state index contributed by atoms with van der Waals surface area (Å²) in [4.78, 5) is 50.3. The van der Waals surface area contributed by atoms with Crippen LogP contribution < -0.4 is 16.0 Å². The predicted octanol–water partition coefficient (Wildman–Crippen LogP) is 4.76. The average molecular weight is 677 g/mol. The lowest BCUT2D eigenvalue weighted by atomic mass is 9.81. The lowest BCUT2D eigenvalue weighted by Crippen LogP contribution is -2.61. The van der Waals surface area contributed by atoms with Gasteiger partial charge in [0.15, 0.2) is 5.69 Å². The van der Waals surface area contributed by atoms with Crippen molar-refractivity contribution < 1.29 is 32.2 Å². The number of anilines is 1. The fourth-order valence-electron chi connectivity index (χ4n) is 7.78. The number of benzene rings is 2. The second kappa shape index (κ2) is 11.3. The van der Waals surface area contributed by atoms with Crippen LogP contribution in [0.15, 0.2) is 41.0 Å². The molecule has 0 radical (unpaired) electrons. The number of rotatable bonds is 7. The molecule has 2 atom stereocenters. The molecular weight excluding hydrogens is 641 g/mol. The van der Waals surface area contributed by atoms with Crippen LogP contribution in [0.1, 0.15) is 71.7 Å². The van der Waals surface area contributed by atoms with Crippen LogP contribution >= 0.6 is 0 Å². The van der Waals surface area contributed by atoms with E-state index in [-0.39, 0.29) is 54.0 Å². The molecule has 4 amide bonds. The van der Waals surface area contributed by atoms with Crippen molar-refractivity contribution >= 4 is 34.6 Å². The molecule has 49 heavy (non-hydrogen) atoms. The van der Waals surface area contributed by atoms with E-state index in [1.807, 2.05) is 17.0 Å². The van der Waals surface area contributed by atoms with E-state index < -0.39 is 41.1 Å². The molecule has 3 heterocycles. The number of H-pyrrole nitrogens is 1. The minimum Gasteiger partial charge on any atom is -0.338 e. The van der Waals surface area contributed by atoms with Crippen molar-refractivity contribution in [3.8, 4) is 0 Å². The Morgan fingerprint density at radius 3 is 2.55 bits per heavy atom. The maximum Gasteiger partial charge on any atom is 0.318 e. The zero-order valence-corrected chi connectivity index (χ0v) is 26.7. The van der Waals surface area contributed by atoms with Crippen LogP contribution in [0.3, 0.4) is 0 Å². The predicted molar refractivity (Wildman–Crippen MR) is 169 cm³/mol. The number of nitrogens with zero attached hydrogens (tertiary/aromatic N) is 4. The standard InChI is InChI=1S/C34H35F3N8O4/c1-18-25(44-49-43-18)28(46)41-26(19-7-9-34(36,37)10-8-19)29(47)39-22-6-5-20-14-33(15-21(20)13-22,45-17-32(11-12-32)16-38-31(45)48)30-40-24-4-2-3-23(35)27(24)42-30/h2-6,13,19,26H,7-12,14-17H2,1H3,(H,38,48)(H,39,47)(H,40,42)(H,41,46)/t26-,33?/m0/s1. The fourth-order valence-corrected chi connectivity index (χ4v) is 7.78. The van der Waals surface area contributed by atoms with Crippen LogP contribution in [0.4, 0.5) is 23.7 Å². The molecule has 8 rings (SSSR count). The molecular formula is C34H35F3N8O4. The number of urea groups is 1. The van der Waals surface area contributed by atoms with Crippen molar-refractivity contribution in [3.05, 3.63) is 70.6 Å². The second-order valence-corrected chi connectivity index (χ2v) is 14.2. The van der Waals surface area contributed by atoms with Gasteiger partial charge in [-0.2, -0.15) is 0 Å². The summed E-state index contributed by atoms with van der Waals surface area (Å²) >= 11 is 0. The van der Waals surface area contributed by atoms with E-state index in [1.165, 1.54) is 13.0 Å². The van der Waals surface area contributed by atoms with Gasteiger partial charge in [0.05, 0.1) is 5.52 Å². The number of alkyl halides is 2. The monoisotopic (exact) mass is 676 g/mol. The highest BCUT2D eigenvalue weighted by Crippen LogP contribution is 2.52. The summed E-state index contributed by atoms with van der Waals surface area (Å²) in [6.45, 7) is 2.68. The van der Waals surface area contributed by atoms with E-state index in [9.17, 15) is 27.6 Å². The summed E-state index contributed by atoms with van der Waals surface area (Å²) in [6, 6.07) is 8.79. The number of aromatic amines is 1. The number of imidazole rings is 1. The number of halogens is 3. The van der Waals surface area contributed by atoms with Crippen molar-refractivity contribution in [2.75, 3.05) is 18.4 Å². The van der Waals surface area contributed by atoms with Gasteiger partial charge < -0.3 is 25.8 Å². The van der Waals surface area contributed by atoms with Crippen molar-refractivity contribution in [2.45, 2.75) is 75.8 Å². The largest absolute Gasteiger partial charge is 0.338 e. The maximum absolute atomic E-state index is 14.8. The number of aromatic nitrogens is 4. The average Bonchev–Trinajstić information content (AvgIpc) is 3.38. The van der Waals surface area contributed by atoms with Gasteiger partial charge in [-0.1, -0.05) is 17.3 Å². The Morgan fingerprint density at radius 1 is 1.06 bits per heavy atom. The van der Waals surface area contributed by atoms with E-state index in [4.69, 9.17) is 4.98 Å². The van der Waals surface area contributed by atoms with E-state index in [0.717, 1.165) is 24.0 Å². The van der Waals surface area contributed by atoms with Crippen LogP contribution in [0.5, 0.6) is 0 Å². The summed E-state index contributed by atoms with van der Waals surface area (Å²) in [5.74, 6) is -4.56. The van der Waals surface area contributed by atoms with Crippen LogP contribution in [0, 0.1) is 24.1 Å². The van der Waals surface area contributed by atoms with E-state index >= 15 is 0 Å². The molecule has 2 aromatic carbocycles. The van der Waals surface area contributed by atoms with Gasteiger partial charge in [-0.25, -0.2) is 27.6 Å². The second-order valence-electron chi connectivity index (χ2n) is 14.2. The first-order valence-corrected chi connectivity index (χ1v) is 16.6. The molecule has 2 aromatic heterocycles. The number of aryl methyl sites for hydroxylation is 1. The van der Waals surface area contributed by atoms with Gasteiger partial charge in [-0.15, -0.1) is 0 Å². The summed E-state index contributed by atoms with van der Waals surface area (Å²) in [7, 11) is 0. The Kier molecular flexibility index (Phi) is 7.23. The number of carbonyl (C=O) groups excluding carboxylic acids is 3. The molecule has 0 bridgehead atoms. The third-order valence-electron chi connectivity index (χ3n) is 10.8. The van der Waals surface area contributed by atoms with Crippen molar-refractivity contribution in [1.29, 1.82) is 0 Å². The first-order valence-electron chi connectivity index (χ1n) is 16.6. The van der Waals surface area contributed by atoms with Crippen LogP contribution in [0.2, 0.25) is 0 Å². The normalized spacial score (nSPS) is 23.3. The molecule has 1 spiro atoms. The van der Waals surface area contributed by atoms with Gasteiger partial charge >= 0.3 is 6.03 Å². The van der Waals surface area contributed by atoms with Gasteiger partial charge in [-0.05, 0) is 79.1 Å². The third kappa shape index (κ3) is 5.58. The molecule has 256 valence electrons. The number of amides is 4. The number of hydrogen-bond donors (Lipinski definition) is 4. The topological polar surface area (TPSA) is 158 Å². The van der Waals surface area contributed by atoms with Gasteiger partial charge in [0.2, 0.25) is 11.8 Å². The SMILES string of the molecule is Cc1nonc1C(=O)N[C@H](C(=O)Nc1ccc2c(c1)CC(c1nc3cccc(F)c3[nH]1)(N1CC3(CC3)CNC1=O)C2)C1CCC(F)(F)CC1. The summed E-state index contributed by atoms with van der Waals surface area (Å²) in [6.07, 6.45) is 2.09. The Labute approximate surface area is 278 Å². The van der Waals surface area contributed by atoms with E-state index in [0.29, 0.717) is 43.0 Å². The molecule has 1 aliphatic heterocycles. The van der Waals surface area contributed by atoms with Gasteiger partial charge in [0, 0.05) is 49.9 Å².